The molecule has 11 heteroatoms. The summed E-state index contributed by atoms with van der Waals surface area (Å²) < 4.78 is 0. The molecule has 0 aliphatic rings. The molecule has 1 atom stereocenters. The summed E-state index contributed by atoms with van der Waals surface area (Å²) >= 11 is 0. The van der Waals surface area contributed by atoms with Gasteiger partial charge in [0, 0.05) is 124 Å². The van der Waals surface area contributed by atoms with Crippen molar-refractivity contribution >= 4 is 0 Å². The van der Waals surface area contributed by atoms with Crippen LogP contribution in [0.3, 0.4) is 0 Å². The van der Waals surface area contributed by atoms with Crippen molar-refractivity contribution in [1.29, 1.82) is 0 Å². The summed E-state index contributed by atoms with van der Waals surface area (Å²) in [6.07, 6.45) is 3.65. The molecule has 0 spiro atoms. The van der Waals surface area contributed by atoms with Crippen molar-refractivity contribution in [2.75, 3.05) is 138 Å². The molecular formula is C31H75N11. The first-order valence-electron chi connectivity index (χ1n) is 17.0. The van der Waals surface area contributed by atoms with Crippen LogP contribution in [0, 0.1) is 11.3 Å². The van der Waals surface area contributed by atoms with Gasteiger partial charge < -0.3 is 38.9 Å². The maximum Gasteiger partial charge on any atom is 0.0481 e. The Morgan fingerprint density at radius 2 is 0.976 bits per heavy atom. The van der Waals surface area contributed by atoms with Crippen LogP contribution < -0.4 is 38.9 Å². The quantitative estimate of drug-likeness (QED) is 0.0411. The molecule has 0 aromatic rings. The van der Waals surface area contributed by atoms with Crippen molar-refractivity contribution in [3.63, 3.8) is 0 Å². The van der Waals surface area contributed by atoms with Crippen molar-refractivity contribution in [2.45, 2.75) is 53.9 Å². The number of rotatable bonds is 31. The molecule has 0 amide bonds. The maximum absolute atomic E-state index is 5.90. The van der Waals surface area contributed by atoms with Crippen LogP contribution in [0.1, 0.15) is 53.9 Å². The molecule has 0 bridgehead atoms. The largest absolute Gasteiger partial charge is 0.329 e. The van der Waals surface area contributed by atoms with Crippen LogP contribution in [-0.4, -0.2) is 157 Å². The molecule has 0 rings (SSSR count). The molecule has 0 aliphatic heterocycles. The van der Waals surface area contributed by atoms with Crippen molar-refractivity contribution < 1.29 is 0 Å². The minimum atomic E-state index is 0.361. The van der Waals surface area contributed by atoms with Gasteiger partial charge in [0.15, 0.2) is 0 Å². The zero-order chi connectivity index (χ0) is 31.5. The summed E-state index contributed by atoms with van der Waals surface area (Å²) in [4.78, 5) is 10.0. The van der Waals surface area contributed by atoms with Crippen molar-refractivity contribution in [3.8, 4) is 0 Å². The van der Waals surface area contributed by atoms with Gasteiger partial charge in [0.25, 0.3) is 0 Å². The van der Waals surface area contributed by atoms with Crippen molar-refractivity contribution in [2.24, 2.45) is 34.3 Å². The van der Waals surface area contributed by atoms with Gasteiger partial charge in [-0.25, -0.2) is 0 Å². The number of hydrogen-bond donors (Lipinski definition) is 7. The van der Waals surface area contributed by atoms with Crippen molar-refractivity contribution in [1.82, 2.24) is 35.6 Å². The molecule has 1 unspecified atom stereocenters. The van der Waals surface area contributed by atoms with Gasteiger partial charge in [-0.05, 0) is 37.3 Å². The fourth-order valence-electron chi connectivity index (χ4n) is 4.76. The van der Waals surface area contributed by atoms with Gasteiger partial charge in [-0.15, -0.1) is 0 Å². The Morgan fingerprint density at radius 3 is 1.45 bits per heavy atom. The first kappa shape index (κ1) is 41.6. The molecule has 0 saturated heterocycles. The molecule has 0 saturated carbocycles. The van der Waals surface area contributed by atoms with E-state index in [4.69, 9.17) is 22.9 Å². The average Bonchev–Trinajstić information content (AvgIpc) is 2.95. The first-order valence-corrected chi connectivity index (χ1v) is 17.0. The highest BCUT2D eigenvalue weighted by atomic mass is 15.3. The molecule has 0 aromatic carbocycles. The second-order valence-electron chi connectivity index (χ2n) is 13.1. The molecule has 254 valence electrons. The van der Waals surface area contributed by atoms with E-state index in [1.807, 2.05) is 0 Å². The molecule has 11 nitrogen and oxygen atoms in total. The summed E-state index contributed by atoms with van der Waals surface area (Å²) in [7, 11) is 0. The van der Waals surface area contributed by atoms with E-state index in [1.165, 1.54) is 19.3 Å². The Kier molecular flexibility index (Phi) is 27.8. The van der Waals surface area contributed by atoms with Gasteiger partial charge >= 0.3 is 0 Å². The topological polar surface area (TPSA) is 153 Å². The molecule has 0 fully saturated rings. The Morgan fingerprint density at radius 1 is 0.524 bits per heavy atom. The predicted molar refractivity (Wildman–Crippen MR) is 184 cm³/mol. The normalized spacial score (nSPS) is 13.4. The van der Waals surface area contributed by atoms with E-state index in [1.54, 1.807) is 0 Å². The van der Waals surface area contributed by atoms with Gasteiger partial charge in [-0.2, -0.15) is 0 Å². The maximum atomic E-state index is 5.90. The molecule has 0 aliphatic carbocycles. The van der Waals surface area contributed by atoms with Gasteiger partial charge in [-0.3, -0.25) is 19.6 Å². The lowest BCUT2D eigenvalue weighted by Crippen LogP contribution is -2.46. The summed E-state index contributed by atoms with van der Waals surface area (Å²) in [6.45, 7) is 31.1. The van der Waals surface area contributed by atoms with E-state index in [0.29, 0.717) is 31.6 Å². The number of nitrogens with two attached hydrogens (primary N) is 4. The Hall–Kier alpha value is -0.440. The highest BCUT2D eigenvalue weighted by Gasteiger charge is 2.13. The zero-order valence-electron chi connectivity index (χ0n) is 28.6. The summed E-state index contributed by atoms with van der Waals surface area (Å²) in [5, 5.41) is 10.8. The second kappa shape index (κ2) is 28.1. The number of nitrogens with one attached hydrogen (secondary N) is 3. The summed E-state index contributed by atoms with van der Waals surface area (Å²) in [6, 6.07) is 0. The highest BCUT2D eigenvalue weighted by molar-refractivity contribution is 4.71. The van der Waals surface area contributed by atoms with E-state index in [9.17, 15) is 0 Å². The lowest BCUT2D eigenvalue weighted by molar-refractivity contribution is 0.175. The standard InChI is InChI=1S/C31H75N11/c1-6-30(2)7-18-42(21-12-35)29-38-17-24-40(22-16-37-14-9-32)26-28-41(23-15-36-13-8-31(3,4)5)27-25-39(19-10-33)20-11-34/h30,36-38H,6-29,32-35H2,1-5H3. The van der Waals surface area contributed by atoms with Crippen LogP contribution in [-0.2, 0) is 0 Å². The number of hydrogen-bond acceptors (Lipinski definition) is 11. The molecule has 11 N–H and O–H groups in total. The fraction of sp³-hybridized carbons (Fsp3) is 1.00. The molecule has 42 heavy (non-hydrogen) atoms. The lowest BCUT2D eigenvalue weighted by Gasteiger charge is -2.30. The molecule has 0 radical (unpaired) electrons. The smallest absolute Gasteiger partial charge is 0.0481 e. The van der Waals surface area contributed by atoms with Crippen LogP contribution in [0.25, 0.3) is 0 Å². The molecule has 0 heterocycles. The Labute approximate surface area is 261 Å². The van der Waals surface area contributed by atoms with Crippen LogP contribution in [0.5, 0.6) is 0 Å². The Balaban J connectivity index is 4.99. The van der Waals surface area contributed by atoms with Gasteiger partial charge in [-0.1, -0.05) is 41.0 Å². The van der Waals surface area contributed by atoms with E-state index >= 15 is 0 Å². The van der Waals surface area contributed by atoms with Crippen LogP contribution in [0.15, 0.2) is 0 Å². The van der Waals surface area contributed by atoms with E-state index in [0.717, 1.165) is 117 Å². The lowest BCUT2D eigenvalue weighted by atomic mass is 9.92. The van der Waals surface area contributed by atoms with E-state index in [-0.39, 0.29) is 0 Å². The van der Waals surface area contributed by atoms with Crippen LogP contribution in [0.4, 0.5) is 0 Å². The van der Waals surface area contributed by atoms with E-state index < -0.39 is 0 Å². The predicted octanol–water partition coefficient (Wildman–Crippen LogP) is -0.372. The van der Waals surface area contributed by atoms with Gasteiger partial charge in [0.1, 0.15) is 0 Å². The second-order valence-corrected chi connectivity index (χ2v) is 13.1. The SMILES string of the molecule is CCC(C)CCN(CCN)CNCCN(CCNCCN)CCN(CCNCCC(C)(C)C)CCN(CCN)CCN. The van der Waals surface area contributed by atoms with Crippen molar-refractivity contribution in [3.05, 3.63) is 0 Å². The molecular weight excluding hydrogens is 526 g/mol. The zero-order valence-corrected chi connectivity index (χ0v) is 28.6. The summed E-state index contributed by atoms with van der Waals surface area (Å²) in [5.41, 5.74) is 23.7. The van der Waals surface area contributed by atoms with Crippen LogP contribution in [0.2, 0.25) is 0 Å². The molecule has 0 aromatic heterocycles. The first-order chi connectivity index (χ1) is 20.2. The minimum absolute atomic E-state index is 0.361. The van der Waals surface area contributed by atoms with Gasteiger partial charge in [0.05, 0.1) is 0 Å². The minimum Gasteiger partial charge on any atom is -0.329 e. The fourth-order valence-corrected chi connectivity index (χ4v) is 4.76. The monoisotopic (exact) mass is 602 g/mol. The van der Waals surface area contributed by atoms with Crippen LogP contribution >= 0.6 is 0 Å². The average molecular weight is 602 g/mol. The van der Waals surface area contributed by atoms with Gasteiger partial charge in [0.2, 0.25) is 0 Å². The third kappa shape index (κ3) is 26.0. The third-order valence-electron chi connectivity index (χ3n) is 7.96. The summed E-state index contributed by atoms with van der Waals surface area (Å²) in [5.74, 6) is 0.760. The third-order valence-corrected chi connectivity index (χ3v) is 7.96. The highest BCUT2D eigenvalue weighted by Crippen LogP contribution is 2.16. The number of nitrogens with zero attached hydrogens (tertiary/aromatic N) is 4. The van der Waals surface area contributed by atoms with E-state index in [2.05, 4.69) is 70.2 Å². The Bertz CT molecular complexity index is 555.